The second-order valence-corrected chi connectivity index (χ2v) is 3.90. The van der Waals surface area contributed by atoms with Crippen molar-refractivity contribution in [2.75, 3.05) is 13.1 Å². The van der Waals surface area contributed by atoms with Crippen LogP contribution in [0.1, 0.15) is 11.1 Å². The van der Waals surface area contributed by atoms with Gasteiger partial charge in [-0.1, -0.05) is 24.3 Å². The molecule has 0 saturated carbocycles. The SMILES string of the molecule is Cc1ccccc1CN1C(=O)CNCC1=O. The lowest BCUT2D eigenvalue weighted by Gasteiger charge is -2.26. The smallest absolute Gasteiger partial charge is 0.243 e. The van der Waals surface area contributed by atoms with E-state index >= 15 is 0 Å². The predicted octanol–water partition coefficient (Wildman–Crippen LogP) is 0.453. The van der Waals surface area contributed by atoms with Crippen molar-refractivity contribution in [1.82, 2.24) is 10.2 Å². The lowest BCUT2D eigenvalue weighted by atomic mass is 10.1. The highest BCUT2D eigenvalue weighted by Gasteiger charge is 2.25. The summed E-state index contributed by atoms with van der Waals surface area (Å²) in [5.74, 6) is -0.306. The number of rotatable bonds is 2. The largest absolute Gasteiger partial charge is 0.300 e. The Morgan fingerprint density at radius 3 is 2.44 bits per heavy atom. The van der Waals surface area contributed by atoms with Gasteiger partial charge in [-0.05, 0) is 18.1 Å². The number of carbonyl (C=O) groups excluding carboxylic acids is 2. The van der Waals surface area contributed by atoms with Crippen molar-refractivity contribution < 1.29 is 9.59 Å². The molecule has 1 heterocycles. The van der Waals surface area contributed by atoms with Gasteiger partial charge >= 0.3 is 0 Å². The molecule has 0 aliphatic carbocycles. The van der Waals surface area contributed by atoms with E-state index in [1.807, 2.05) is 31.2 Å². The van der Waals surface area contributed by atoms with E-state index in [4.69, 9.17) is 0 Å². The molecular weight excluding hydrogens is 204 g/mol. The molecule has 0 radical (unpaired) electrons. The Kier molecular flexibility index (Phi) is 3.01. The van der Waals surface area contributed by atoms with Crippen molar-refractivity contribution in [2.24, 2.45) is 0 Å². The fraction of sp³-hybridized carbons (Fsp3) is 0.333. The molecule has 1 saturated heterocycles. The molecule has 1 fully saturated rings. The van der Waals surface area contributed by atoms with Crippen LogP contribution >= 0.6 is 0 Å². The first kappa shape index (κ1) is 10.8. The van der Waals surface area contributed by atoms with E-state index in [2.05, 4.69) is 5.32 Å². The molecule has 0 aromatic heterocycles. The van der Waals surface area contributed by atoms with Gasteiger partial charge < -0.3 is 0 Å². The zero-order chi connectivity index (χ0) is 11.5. The summed E-state index contributed by atoms with van der Waals surface area (Å²) in [4.78, 5) is 24.4. The molecule has 1 aliphatic heterocycles. The second kappa shape index (κ2) is 4.45. The zero-order valence-electron chi connectivity index (χ0n) is 9.19. The highest BCUT2D eigenvalue weighted by atomic mass is 16.2. The van der Waals surface area contributed by atoms with E-state index in [0.29, 0.717) is 6.54 Å². The molecule has 4 nitrogen and oxygen atoms in total. The van der Waals surface area contributed by atoms with Gasteiger partial charge in [0.1, 0.15) is 0 Å². The number of carbonyl (C=O) groups is 2. The van der Waals surface area contributed by atoms with E-state index in [9.17, 15) is 9.59 Å². The molecule has 4 heteroatoms. The van der Waals surface area contributed by atoms with Crippen LogP contribution in [-0.2, 0) is 16.1 Å². The first-order chi connectivity index (χ1) is 7.68. The molecule has 1 aromatic rings. The number of aryl methyl sites for hydroxylation is 1. The van der Waals surface area contributed by atoms with Crippen molar-refractivity contribution in [3.63, 3.8) is 0 Å². The Bertz CT molecular complexity index is 413. The summed E-state index contributed by atoms with van der Waals surface area (Å²) in [6.07, 6.45) is 0. The molecule has 2 amide bonds. The number of piperazine rings is 1. The number of hydrogen-bond acceptors (Lipinski definition) is 3. The summed E-state index contributed by atoms with van der Waals surface area (Å²) in [6.45, 7) is 2.85. The predicted molar refractivity (Wildman–Crippen MR) is 59.6 cm³/mol. The maximum absolute atomic E-state index is 11.6. The fourth-order valence-corrected chi connectivity index (χ4v) is 1.74. The van der Waals surface area contributed by atoms with E-state index < -0.39 is 0 Å². The highest BCUT2D eigenvalue weighted by Crippen LogP contribution is 2.11. The standard InChI is InChI=1S/C12H14N2O2/c1-9-4-2-3-5-10(9)8-14-11(15)6-13-7-12(14)16/h2-5,13H,6-8H2,1H3. The molecule has 1 N–H and O–H groups in total. The molecule has 0 spiro atoms. The molecule has 0 atom stereocenters. The molecule has 84 valence electrons. The van der Waals surface area contributed by atoms with Crippen molar-refractivity contribution in [3.05, 3.63) is 35.4 Å². The molecule has 1 aliphatic rings. The Balaban J connectivity index is 2.17. The van der Waals surface area contributed by atoms with Gasteiger partial charge in [-0.3, -0.25) is 19.8 Å². The third kappa shape index (κ3) is 2.12. The third-order valence-electron chi connectivity index (χ3n) is 2.74. The zero-order valence-corrected chi connectivity index (χ0v) is 9.19. The van der Waals surface area contributed by atoms with Crippen LogP contribution in [0.5, 0.6) is 0 Å². The van der Waals surface area contributed by atoms with Gasteiger partial charge in [-0.25, -0.2) is 0 Å². The van der Waals surface area contributed by atoms with Gasteiger partial charge in [-0.15, -0.1) is 0 Å². The maximum Gasteiger partial charge on any atom is 0.243 e. The van der Waals surface area contributed by atoms with Crippen molar-refractivity contribution in [1.29, 1.82) is 0 Å². The summed E-state index contributed by atoms with van der Waals surface area (Å²) in [6, 6.07) is 7.78. The van der Waals surface area contributed by atoms with Crippen molar-refractivity contribution in [3.8, 4) is 0 Å². The maximum atomic E-state index is 11.6. The van der Waals surface area contributed by atoms with E-state index in [0.717, 1.165) is 11.1 Å². The monoisotopic (exact) mass is 218 g/mol. The molecule has 1 aromatic carbocycles. The van der Waals surface area contributed by atoms with Crippen molar-refractivity contribution >= 4 is 11.8 Å². The minimum absolute atomic E-state index is 0.153. The Labute approximate surface area is 94.2 Å². The van der Waals surface area contributed by atoms with E-state index in [1.54, 1.807) is 0 Å². The van der Waals surface area contributed by atoms with Gasteiger partial charge in [0.25, 0.3) is 0 Å². The molecular formula is C12H14N2O2. The normalized spacial score (nSPS) is 16.7. The van der Waals surface area contributed by atoms with Crippen LogP contribution in [0.2, 0.25) is 0 Å². The summed E-state index contributed by atoms with van der Waals surface area (Å²) in [5, 5.41) is 2.77. The Morgan fingerprint density at radius 2 is 1.81 bits per heavy atom. The van der Waals surface area contributed by atoms with Crippen LogP contribution in [0.15, 0.2) is 24.3 Å². The van der Waals surface area contributed by atoms with Gasteiger partial charge in [-0.2, -0.15) is 0 Å². The Morgan fingerprint density at radius 1 is 1.19 bits per heavy atom. The minimum atomic E-state index is -0.153. The number of nitrogens with zero attached hydrogens (tertiary/aromatic N) is 1. The van der Waals surface area contributed by atoms with Crippen LogP contribution < -0.4 is 5.32 Å². The average Bonchev–Trinajstić information content (AvgIpc) is 2.26. The lowest BCUT2D eigenvalue weighted by molar-refractivity contribution is -0.147. The second-order valence-electron chi connectivity index (χ2n) is 3.90. The molecule has 0 bridgehead atoms. The van der Waals surface area contributed by atoms with Crippen LogP contribution in [0.25, 0.3) is 0 Å². The summed E-state index contributed by atoms with van der Waals surface area (Å²) < 4.78 is 0. The Hall–Kier alpha value is -1.68. The number of hydrogen-bond donors (Lipinski definition) is 1. The number of imide groups is 1. The molecule has 16 heavy (non-hydrogen) atoms. The van der Waals surface area contributed by atoms with Crippen LogP contribution in [0.3, 0.4) is 0 Å². The third-order valence-corrected chi connectivity index (χ3v) is 2.74. The van der Waals surface area contributed by atoms with E-state index in [1.165, 1.54) is 4.90 Å². The lowest BCUT2D eigenvalue weighted by Crippen LogP contribution is -2.51. The molecule has 2 rings (SSSR count). The quantitative estimate of drug-likeness (QED) is 0.733. The minimum Gasteiger partial charge on any atom is -0.300 e. The van der Waals surface area contributed by atoms with Crippen LogP contribution in [-0.4, -0.2) is 29.8 Å². The molecule has 0 unspecified atom stereocenters. The van der Waals surface area contributed by atoms with Gasteiger partial charge in [0.15, 0.2) is 0 Å². The van der Waals surface area contributed by atoms with E-state index in [-0.39, 0.29) is 24.9 Å². The number of amides is 2. The van der Waals surface area contributed by atoms with Crippen LogP contribution in [0, 0.1) is 6.92 Å². The van der Waals surface area contributed by atoms with Crippen molar-refractivity contribution in [2.45, 2.75) is 13.5 Å². The summed E-state index contributed by atoms with van der Waals surface area (Å²) >= 11 is 0. The number of benzene rings is 1. The first-order valence-electron chi connectivity index (χ1n) is 5.27. The van der Waals surface area contributed by atoms with Crippen LogP contribution in [0.4, 0.5) is 0 Å². The highest BCUT2D eigenvalue weighted by molar-refractivity contribution is 5.99. The van der Waals surface area contributed by atoms with Gasteiger partial charge in [0, 0.05) is 0 Å². The summed E-state index contributed by atoms with van der Waals surface area (Å²) in [7, 11) is 0. The fourth-order valence-electron chi connectivity index (χ4n) is 1.74. The first-order valence-corrected chi connectivity index (χ1v) is 5.27. The van der Waals surface area contributed by atoms with Gasteiger partial charge in [0.05, 0.1) is 19.6 Å². The van der Waals surface area contributed by atoms with Gasteiger partial charge in [0.2, 0.25) is 11.8 Å². The number of nitrogens with one attached hydrogen (secondary N) is 1. The topological polar surface area (TPSA) is 49.4 Å². The summed E-state index contributed by atoms with van der Waals surface area (Å²) in [5.41, 5.74) is 2.12. The average molecular weight is 218 g/mol.